The van der Waals surface area contributed by atoms with Crippen LogP contribution in [0.1, 0.15) is 5.69 Å². The summed E-state index contributed by atoms with van der Waals surface area (Å²) in [7, 11) is 0. The second kappa shape index (κ2) is 4.83. The van der Waals surface area contributed by atoms with Crippen LogP contribution in [0.5, 0.6) is 0 Å². The molecule has 96 valence electrons. The monoisotopic (exact) mass is 311 g/mol. The summed E-state index contributed by atoms with van der Waals surface area (Å²) in [5.41, 5.74) is 7.81. The lowest BCUT2D eigenvalue weighted by Crippen LogP contribution is -2.36. The van der Waals surface area contributed by atoms with Crippen LogP contribution in [-0.2, 0) is 11.3 Å². The number of nitrogens with two attached hydrogens (primary N) is 1. The van der Waals surface area contributed by atoms with Gasteiger partial charge in [-0.1, -0.05) is 0 Å². The van der Waals surface area contributed by atoms with Crippen molar-refractivity contribution in [1.82, 2.24) is 19.5 Å². The van der Waals surface area contributed by atoms with Crippen molar-refractivity contribution in [3.05, 3.63) is 22.6 Å². The van der Waals surface area contributed by atoms with Gasteiger partial charge in [-0.05, 0) is 22.0 Å². The molecule has 0 saturated carbocycles. The standard InChI is InChI=1S/C11H14BrN5O/c12-9-5-8(6-16-1-3-18-4-2-16)17-10(9)11(13)14-7-15-17/h5,7H,1-4,6H2,(H2,13,14,15). The van der Waals surface area contributed by atoms with E-state index in [9.17, 15) is 0 Å². The first kappa shape index (κ1) is 11.9. The summed E-state index contributed by atoms with van der Waals surface area (Å²) in [6.45, 7) is 4.33. The van der Waals surface area contributed by atoms with Crippen LogP contribution >= 0.6 is 15.9 Å². The van der Waals surface area contributed by atoms with E-state index in [1.807, 2.05) is 4.52 Å². The smallest absolute Gasteiger partial charge is 0.152 e. The second-order valence-electron chi connectivity index (χ2n) is 4.28. The van der Waals surface area contributed by atoms with Gasteiger partial charge in [-0.2, -0.15) is 5.10 Å². The molecule has 3 heterocycles. The molecular formula is C11H14BrN5O. The second-order valence-corrected chi connectivity index (χ2v) is 5.13. The molecule has 2 aromatic rings. The van der Waals surface area contributed by atoms with Crippen molar-refractivity contribution in [2.75, 3.05) is 32.0 Å². The Morgan fingerprint density at radius 3 is 2.94 bits per heavy atom. The lowest BCUT2D eigenvalue weighted by atomic mass is 10.3. The van der Waals surface area contributed by atoms with Crippen LogP contribution in [0.3, 0.4) is 0 Å². The Kier molecular flexibility index (Phi) is 3.19. The number of aromatic nitrogens is 3. The van der Waals surface area contributed by atoms with Gasteiger partial charge in [-0.3, -0.25) is 4.90 Å². The number of hydrogen-bond donors (Lipinski definition) is 1. The average molecular weight is 312 g/mol. The highest BCUT2D eigenvalue weighted by molar-refractivity contribution is 9.10. The number of hydrogen-bond acceptors (Lipinski definition) is 5. The third-order valence-electron chi connectivity index (χ3n) is 3.10. The molecule has 6 nitrogen and oxygen atoms in total. The molecule has 0 amide bonds. The topological polar surface area (TPSA) is 68.7 Å². The van der Waals surface area contributed by atoms with Gasteiger partial charge >= 0.3 is 0 Å². The van der Waals surface area contributed by atoms with E-state index >= 15 is 0 Å². The molecule has 0 atom stereocenters. The Hall–Kier alpha value is -1.18. The molecule has 1 aliphatic heterocycles. The quantitative estimate of drug-likeness (QED) is 0.892. The summed E-state index contributed by atoms with van der Waals surface area (Å²) in [5, 5.41) is 4.27. The summed E-state index contributed by atoms with van der Waals surface area (Å²) in [5.74, 6) is 0.491. The normalized spacial score (nSPS) is 17.4. The molecule has 18 heavy (non-hydrogen) atoms. The Bertz CT molecular complexity index is 564. The van der Waals surface area contributed by atoms with Gasteiger partial charge in [-0.15, -0.1) is 0 Å². The molecule has 0 radical (unpaired) electrons. The third kappa shape index (κ3) is 2.09. The highest BCUT2D eigenvalue weighted by Gasteiger charge is 2.16. The van der Waals surface area contributed by atoms with Gasteiger partial charge < -0.3 is 10.5 Å². The van der Waals surface area contributed by atoms with Crippen molar-refractivity contribution in [2.45, 2.75) is 6.54 Å². The van der Waals surface area contributed by atoms with E-state index in [0.29, 0.717) is 5.82 Å². The lowest BCUT2D eigenvalue weighted by molar-refractivity contribution is 0.0334. The lowest BCUT2D eigenvalue weighted by Gasteiger charge is -2.26. The molecule has 0 spiro atoms. The molecule has 2 N–H and O–H groups in total. The highest BCUT2D eigenvalue weighted by Crippen LogP contribution is 2.25. The van der Waals surface area contributed by atoms with Gasteiger partial charge in [0.2, 0.25) is 0 Å². The molecule has 1 saturated heterocycles. The molecule has 7 heteroatoms. The fourth-order valence-electron chi connectivity index (χ4n) is 2.19. The van der Waals surface area contributed by atoms with Crippen molar-refractivity contribution < 1.29 is 4.74 Å². The molecule has 0 unspecified atom stereocenters. The van der Waals surface area contributed by atoms with Gasteiger partial charge in [0.25, 0.3) is 0 Å². The number of ether oxygens (including phenoxy) is 1. The zero-order chi connectivity index (χ0) is 12.5. The van der Waals surface area contributed by atoms with Gasteiger partial charge in [0, 0.05) is 24.1 Å². The Labute approximate surface area is 113 Å². The molecule has 1 aliphatic rings. The molecule has 0 aromatic carbocycles. The minimum atomic E-state index is 0.491. The van der Waals surface area contributed by atoms with Gasteiger partial charge in [0.1, 0.15) is 11.8 Å². The van der Waals surface area contributed by atoms with Crippen LogP contribution in [0.15, 0.2) is 16.9 Å². The number of halogens is 1. The number of rotatable bonds is 2. The van der Waals surface area contributed by atoms with Crippen molar-refractivity contribution >= 4 is 27.3 Å². The van der Waals surface area contributed by atoms with Gasteiger partial charge in [0.15, 0.2) is 5.82 Å². The number of nitrogen functional groups attached to an aromatic ring is 1. The predicted octanol–water partition coefficient (Wildman–Crippen LogP) is 0.906. The Balaban J connectivity index is 1.94. The fourth-order valence-corrected chi connectivity index (χ4v) is 2.82. The molecule has 2 aromatic heterocycles. The summed E-state index contributed by atoms with van der Waals surface area (Å²) in [6.07, 6.45) is 1.48. The van der Waals surface area contributed by atoms with Crippen molar-refractivity contribution in [3.8, 4) is 0 Å². The van der Waals surface area contributed by atoms with Crippen molar-refractivity contribution in [3.63, 3.8) is 0 Å². The van der Waals surface area contributed by atoms with E-state index in [4.69, 9.17) is 10.5 Å². The third-order valence-corrected chi connectivity index (χ3v) is 3.70. The van der Waals surface area contributed by atoms with E-state index in [-0.39, 0.29) is 0 Å². The average Bonchev–Trinajstić information content (AvgIpc) is 2.69. The molecular weight excluding hydrogens is 298 g/mol. The predicted molar refractivity (Wildman–Crippen MR) is 71.2 cm³/mol. The van der Waals surface area contributed by atoms with Crippen LogP contribution < -0.4 is 5.73 Å². The first-order valence-electron chi connectivity index (χ1n) is 5.82. The van der Waals surface area contributed by atoms with Crippen molar-refractivity contribution in [1.29, 1.82) is 0 Å². The molecule has 0 bridgehead atoms. The molecule has 1 fully saturated rings. The Morgan fingerprint density at radius 1 is 1.39 bits per heavy atom. The van der Waals surface area contributed by atoms with E-state index in [0.717, 1.165) is 48.5 Å². The Morgan fingerprint density at radius 2 is 2.17 bits per heavy atom. The van der Waals surface area contributed by atoms with Crippen LogP contribution in [0.4, 0.5) is 5.82 Å². The van der Waals surface area contributed by atoms with Gasteiger partial charge in [0.05, 0.1) is 18.9 Å². The van der Waals surface area contributed by atoms with Gasteiger partial charge in [-0.25, -0.2) is 9.50 Å². The maximum atomic E-state index is 5.87. The van der Waals surface area contributed by atoms with E-state index in [1.165, 1.54) is 6.33 Å². The van der Waals surface area contributed by atoms with Crippen LogP contribution in [0.2, 0.25) is 0 Å². The van der Waals surface area contributed by atoms with E-state index in [1.54, 1.807) is 0 Å². The number of anilines is 1. The number of morpholine rings is 1. The maximum absolute atomic E-state index is 5.87. The summed E-state index contributed by atoms with van der Waals surface area (Å²) in [6, 6.07) is 2.05. The summed E-state index contributed by atoms with van der Waals surface area (Å²) in [4.78, 5) is 6.35. The zero-order valence-corrected chi connectivity index (χ0v) is 11.4. The minimum absolute atomic E-state index is 0.491. The molecule has 0 aliphatic carbocycles. The van der Waals surface area contributed by atoms with Crippen LogP contribution in [0.25, 0.3) is 5.52 Å². The largest absolute Gasteiger partial charge is 0.382 e. The van der Waals surface area contributed by atoms with Crippen LogP contribution in [-0.4, -0.2) is 45.8 Å². The number of fused-ring (bicyclic) bond motifs is 1. The first-order valence-corrected chi connectivity index (χ1v) is 6.61. The number of nitrogens with zero attached hydrogens (tertiary/aromatic N) is 4. The minimum Gasteiger partial charge on any atom is -0.382 e. The fraction of sp³-hybridized carbons (Fsp3) is 0.455. The van der Waals surface area contributed by atoms with E-state index < -0.39 is 0 Å². The maximum Gasteiger partial charge on any atom is 0.152 e. The molecule has 3 rings (SSSR count). The first-order chi connectivity index (χ1) is 8.75. The zero-order valence-electron chi connectivity index (χ0n) is 9.84. The van der Waals surface area contributed by atoms with Crippen molar-refractivity contribution in [2.24, 2.45) is 0 Å². The SMILES string of the molecule is Nc1ncnn2c(CN3CCOCC3)cc(Br)c12. The van der Waals surface area contributed by atoms with E-state index in [2.05, 4.69) is 37.0 Å². The highest BCUT2D eigenvalue weighted by atomic mass is 79.9. The summed E-state index contributed by atoms with van der Waals surface area (Å²) < 4.78 is 8.13. The summed E-state index contributed by atoms with van der Waals surface area (Å²) >= 11 is 3.51. The van der Waals surface area contributed by atoms with Crippen LogP contribution in [0, 0.1) is 0 Å².